The van der Waals surface area contributed by atoms with E-state index in [9.17, 15) is 4.79 Å². The van der Waals surface area contributed by atoms with Gasteiger partial charge in [-0.1, -0.05) is 0 Å². The van der Waals surface area contributed by atoms with Gasteiger partial charge in [0.25, 0.3) is 0 Å². The first kappa shape index (κ1) is 12.0. The lowest BCUT2D eigenvalue weighted by atomic mass is 10.2. The molecule has 0 bridgehead atoms. The molecule has 0 unspecified atom stereocenters. The molecule has 0 aliphatic rings. The third kappa shape index (κ3) is 4.31. The van der Waals surface area contributed by atoms with Crippen molar-refractivity contribution >= 4 is 23.4 Å². The van der Waals surface area contributed by atoms with Crippen molar-refractivity contribution in [2.75, 3.05) is 17.3 Å². The van der Waals surface area contributed by atoms with Gasteiger partial charge in [0, 0.05) is 6.20 Å². The number of hydrogen-bond acceptors (Lipinski definition) is 4. The largest absolute Gasteiger partial charge is 0.323 e. The molecule has 1 aromatic rings. The Hall–Kier alpha value is -1.07. The highest BCUT2D eigenvalue weighted by molar-refractivity contribution is 7.98. The Balaban J connectivity index is 2.42. The van der Waals surface area contributed by atoms with E-state index < -0.39 is 6.04 Å². The third-order valence-electron chi connectivity index (χ3n) is 1.90. The minimum Gasteiger partial charge on any atom is -0.323 e. The molecule has 5 heteroatoms. The average molecular weight is 225 g/mol. The van der Waals surface area contributed by atoms with Crippen LogP contribution < -0.4 is 11.1 Å². The number of hydrogen-bond donors (Lipinski definition) is 2. The van der Waals surface area contributed by atoms with Gasteiger partial charge in [-0.3, -0.25) is 9.78 Å². The first-order valence-corrected chi connectivity index (χ1v) is 6.09. The van der Waals surface area contributed by atoms with Crippen LogP contribution in [-0.2, 0) is 4.79 Å². The van der Waals surface area contributed by atoms with Crippen LogP contribution in [0.5, 0.6) is 0 Å². The summed E-state index contributed by atoms with van der Waals surface area (Å²) in [6, 6.07) is 3.10. The molecule has 1 amide bonds. The quantitative estimate of drug-likeness (QED) is 0.787. The fourth-order valence-corrected chi connectivity index (χ4v) is 1.54. The van der Waals surface area contributed by atoms with Gasteiger partial charge in [0.2, 0.25) is 5.91 Å². The summed E-state index contributed by atoms with van der Waals surface area (Å²) in [6.07, 6.45) is 5.93. The van der Waals surface area contributed by atoms with Crippen molar-refractivity contribution in [2.45, 2.75) is 12.5 Å². The van der Waals surface area contributed by atoms with Crippen LogP contribution in [0, 0.1) is 0 Å². The van der Waals surface area contributed by atoms with Gasteiger partial charge in [0.15, 0.2) is 0 Å². The first-order chi connectivity index (χ1) is 7.24. The molecule has 1 atom stereocenters. The molecule has 1 heterocycles. The first-order valence-electron chi connectivity index (χ1n) is 4.69. The van der Waals surface area contributed by atoms with E-state index in [1.165, 1.54) is 0 Å². The van der Waals surface area contributed by atoms with Gasteiger partial charge in [-0.2, -0.15) is 11.8 Å². The van der Waals surface area contributed by atoms with Crippen molar-refractivity contribution in [3.63, 3.8) is 0 Å². The summed E-state index contributed by atoms with van der Waals surface area (Å²) in [4.78, 5) is 15.4. The molecule has 0 saturated heterocycles. The number of amides is 1. The smallest absolute Gasteiger partial charge is 0.241 e. The number of thioether (sulfide) groups is 1. The van der Waals surface area contributed by atoms with Crippen LogP contribution in [-0.4, -0.2) is 28.9 Å². The van der Waals surface area contributed by atoms with Crippen LogP contribution in [0.1, 0.15) is 6.42 Å². The lowest BCUT2D eigenvalue weighted by molar-refractivity contribution is -0.117. The van der Waals surface area contributed by atoms with E-state index >= 15 is 0 Å². The van der Waals surface area contributed by atoms with Crippen molar-refractivity contribution in [1.29, 1.82) is 0 Å². The second kappa shape index (κ2) is 6.42. The zero-order valence-electron chi connectivity index (χ0n) is 8.64. The summed E-state index contributed by atoms with van der Waals surface area (Å²) in [5.41, 5.74) is 6.39. The maximum atomic E-state index is 11.5. The predicted molar refractivity (Wildman–Crippen MR) is 63.8 cm³/mol. The van der Waals surface area contributed by atoms with Gasteiger partial charge < -0.3 is 11.1 Å². The number of carbonyl (C=O) groups excluding carboxylic acids is 1. The maximum absolute atomic E-state index is 11.5. The van der Waals surface area contributed by atoms with Crippen LogP contribution in [0.3, 0.4) is 0 Å². The van der Waals surface area contributed by atoms with Gasteiger partial charge in [-0.05, 0) is 30.6 Å². The van der Waals surface area contributed by atoms with Gasteiger partial charge >= 0.3 is 0 Å². The Bertz CT molecular complexity index is 305. The summed E-state index contributed by atoms with van der Waals surface area (Å²) in [6.45, 7) is 0. The Kier molecular flexibility index (Phi) is 5.14. The SMILES string of the molecule is CSCC[C@@H](N)C(=O)Nc1cccnc1. The number of nitrogens with two attached hydrogens (primary N) is 1. The zero-order chi connectivity index (χ0) is 11.1. The lowest BCUT2D eigenvalue weighted by Crippen LogP contribution is -2.36. The van der Waals surface area contributed by atoms with Crippen LogP contribution in [0.2, 0.25) is 0 Å². The Morgan fingerprint density at radius 2 is 2.53 bits per heavy atom. The predicted octanol–water partition coefficient (Wildman–Crippen LogP) is 1.10. The van der Waals surface area contributed by atoms with Crippen LogP contribution in [0.25, 0.3) is 0 Å². The average Bonchev–Trinajstić information content (AvgIpc) is 2.27. The normalized spacial score (nSPS) is 12.1. The molecule has 82 valence electrons. The Morgan fingerprint density at radius 3 is 3.13 bits per heavy atom. The van der Waals surface area contributed by atoms with Gasteiger partial charge in [-0.15, -0.1) is 0 Å². The summed E-state index contributed by atoms with van der Waals surface area (Å²) < 4.78 is 0. The van der Waals surface area contributed by atoms with E-state index in [0.717, 1.165) is 5.75 Å². The summed E-state index contributed by atoms with van der Waals surface area (Å²) >= 11 is 1.68. The Morgan fingerprint density at radius 1 is 1.73 bits per heavy atom. The molecule has 0 fully saturated rings. The van der Waals surface area contributed by atoms with Crippen molar-refractivity contribution in [3.05, 3.63) is 24.5 Å². The Labute approximate surface area is 93.7 Å². The molecule has 0 aliphatic heterocycles. The van der Waals surface area contributed by atoms with Crippen LogP contribution in [0.4, 0.5) is 5.69 Å². The van der Waals surface area contributed by atoms with Gasteiger partial charge in [0.1, 0.15) is 0 Å². The van der Waals surface area contributed by atoms with E-state index in [1.807, 2.05) is 6.26 Å². The van der Waals surface area contributed by atoms with Crippen LogP contribution >= 0.6 is 11.8 Å². The number of nitrogens with zero attached hydrogens (tertiary/aromatic N) is 1. The second-order valence-electron chi connectivity index (χ2n) is 3.12. The summed E-state index contributed by atoms with van der Waals surface area (Å²) in [5, 5.41) is 2.71. The minimum absolute atomic E-state index is 0.156. The third-order valence-corrected chi connectivity index (χ3v) is 2.54. The molecule has 15 heavy (non-hydrogen) atoms. The summed E-state index contributed by atoms with van der Waals surface area (Å²) in [7, 11) is 0. The molecule has 4 nitrogen and oxygen atoms in total. The number of aromatic nitrogens is 1. The van der Waals surface area contributed by atoms with Crippen molar-refractivity contribution in [1.82, 2.24) is 4.98 Å². The summed E-state index contributed by atoms with van der Waals surface area (Å²) in [5.74, 6) is 0.735. The standard InChI is InChI=1S/C10H15N3OS/c1-15-6-4-9(11)10(14)13-8-3-2-5-12-7-8/h2-3,5,7,9H,4,6,11H2,1H3,(H,13,14)/t9-/m1/s1. The fraction of sp³-hybridized carbons (Fsp3) is 0.400. The van der Waals surface area contributed by atoms with E-state index in [1.54, 1.807) is 36.3 Å². The highest BCUT2D eigenvalue weighted by Gasteiger charge is 2.12. The van der Waals surface area contributed by atoms with Gasteiger partial charge in [-0.25, -0.2) is 0 Å². The number of nitrogens with one attached hydrogen (secondary N) is 1. The molecule has 0 radical (unpaired) electrons. The van der Waals surface area contributed by atoms with Gasteiger partial charge in [0.05, 0.1) is 17.9 Å². The van der Waals surface area contributed by atoms with Crippen molar-refractivity contribution < 1.29 is 4.79 Å². The number of anilines is 1. The molecule has 0 spiro atoms. The number of carbonyl (C=O) groups is 1. The monoisotopic (exact) mass is 225 g/mol. The fourth-order valence-electron chi connectivity index (χ4n) is 1.05. The van der Waals surface area contributed by atoms with E-state index in [2.05, 4.69) is 10.3 Å². The molecule has 0 saturated carbocycles. The van der Waals surface area contributed by atoms with E-state index in [4.69, 9.17) is 5.73 Å². The molecular formula is C10H15N3OS. The molecule has 0 aliphatic carbocycles. The molecule has 1 aromatic heterocycles. The molecular weight excluding hydrogens is 210 g/mol. The molecule has 1 rings (SSSR count). The second-order valence-corrected chi connectivity index (χ2v) is 4.10. The number of pyridine rings is 1. The molecule has 3 N–H and O–H groups in total. The topological polar surface area (TPSA) is 68.0 Å². The minimum atomic E-state index is -0.447. The van der Waals surface area contributed by atoms with E-state index in [0.29, 0.717) is 12.1 Å². The van der Waals surface area contributed by atoms with Crippen LogP contribution in [0.15, 0.2) is 24.5 Å². The van der Waals surface area contributed by atoms with E-state index in [-0.39, 0.29) is 5.91 Å². The molecule has 0 aromatic carbocycles. The highest BCUT2D eigenvalue weighted by Crippen LogP contribution is 2.05. The number of rotatable bonds is 5. The maximum Gasteiger partial charge on any atom is 0.241 e. The highest BCUT2D eigenvalue weighted by atomic mass is 32.2. The van der Waals surface area contributed by atoms with Crippen molar-refractivity contribution in [2.24, 2.45) is 5.73 Å². The zero-order valence-corrected chi connectivity index (χ0v) is 9.46. The van der Waals surface area contributed by atoms with Crippen molar-refractivity contribution in [3.8, 4) is 0 Å². The lowest BCUT2D eigenvalue weighted by Gasteiger charge is -2.10.